The Morgan fingerprint density at radius 2 is 1.67 bits per heavy atom. The molecule has 0 unspecified atom stereocenters. The minimum atomic E-state index is -1.23. The number of phenols is 1. The van der Waals surface area contributed by atoms with E-state index < -0.39 is 5.97 Å². The summed E-state index contributed by atoms with van der Waals surface area (Å²) in [6.45, 7) is 0. The normalized spacial score (nSPS) is 9.60. The molecule has 0 saturated heterocycles. The van der Waals surface area contributed by atoms with Gasteiger partial charge >= 0.3 is 29.6 Å². The molecule has 0 amide bonds. The number of carbonyl (C=O) groups excluding carboxylic acids is 1. The molecule has 0 atom stereocenters. The van der Waals surface area contributed by atoms with E-state index in [2.05, 4.69) is 0 Å². The maximum atomic E-state index is 10.7. The smallest absolute Gasteiger partial charge is 0.545 e. The first-order valence-corrected chi connectivity index (χ1v) is 4.12. The first-order chi connectivity index (χ1) is 6.70. The summed E-state index contributed by atoms with van der Waals surface area (Å²) in [7, 11) is 0. The Bertz CT molecular complexity index is 508. The molecule has 0 aliphatic heterocycles. The maximum Gasteiger partial charge on any atom is 1.00 e. The first kappa shape index (κ1) is 12.0. The van der Waals surface area contributed by atoms with Crippen LogP contribution in [0.1, 0.15) is 10.4 Å². The average Bonchev–Trinajstić information content (AvgIpc) is 2.17. The number of fused-ring (bicyclic) bond motifs is 1. The molecule has 0 heterocycles. The molecule has 2 aromatic carbocycles. The third-order valence-electron chi connectivity index (χ3n) is 2.12. The van der Waals surface area contributed by atoms with E-state index in [0.29, 0.717) is 10.8 Å². The topological polar surface area (TPSA) is 60.4 Å². The van der Waals surface area contributed by atoms with Crippen molar-refractivity contribution in [1.29, 1.82) is 0 Å². The molecule has 1 N–H and O–H groups in total. The van der Waals surface area contributed by atoms with E-state index in [1.54, 1.807) is 24.3 Å². The van der Waals surface area contributed by atoms with Gasteiger partial charge in [-0.15, -0.1) is 0 Å². The molecule has 0 fully saturated rings. The molecular formula is C11H7NaO3. The van der Waals surface area contributed by atoms with Crippen molar-refractivity contribution in [2.75, 3.05) is 0 Å². The van der Waals surface area contributed by atoms with E-state index in [-0.39, 0.29) is 40.9 Å². The van der Waals surface area contributed by atoms with E-state index in [0.717, 1.165) is 0 Å². The summed E-state index contributed by atoms with van der Waals surface area (Å²) in [5.74, 6) is -1.16. The van der Waals surface area contributed by atoms with Gasteiger partial charge in [-0.3, -0.25) is 0 Å². The number of hydrogen-bond donors (Lipinski definition) is 1. The SMILES string of the molecule is O=C([O-])c1cccc2c(O)cccc12.[Na+]. The van der Waals surface area contributed by atoms with Crippen LogP contribution in [0.15, 0.2) is 36.4 Å². The maximum absolute atomic E-state index is 10.7. The number of carbonyl (C=O) groups is 1. The van der Waals surface area contributed by atoms with Gasteiger partial charge in [0.15, 0.2) is 0 Å². The predicted octanol–water partition coefficient (Wildman–Crippen LogP) is -2.09. The van der Waals surface area contributed by atoms with Gasteiger partial charge in [0.1, 0.15) is 5.75 Å². The van der Waals surface area contributed by atoms with Crippen LogP contribution in [0.5, 0.6) is 5.75 Å². The molecule has 3 nitrogen and oxygen atoms in total. The van der Waals surface area contributed by atoms with E-state index in [4.69, 9.17) is 0 Å². The standard InChI is InChI=1S/C11H8O3.Na/c12-10-6-2-3-7-8(10)4-1-5-9(7)11(13)14;/h1-6,12H,(H,13,14);/q;+1/p-1. The first-order valence-electron chi connectivity index (χ1n) is 4.12. The molecule has 15 heavy (non-hydrogen) atoms. The molecule has 0 aliphatic rings. The Labute approximate surface area is 109 Å². The number of hydrogen-bond acceptors (Lipinski definition) is 3. The van der Waals surface area contributed by atoms with Crippen molar-refractivity contribution >= 4 is 16.7 Å². The fourth-order valence-electron chi connectivity index (χ4n) is 1.47. The average molecular weight is 210 g/mol. The molecule has 70 valence electrons. The van der Waals surface area contributed by atoms with Crippen molar-refractivity contribution in [2.45, 2.75) is 0 Å². The minimum Gasteiger partial charge on any atom is -0.545 e. The van der Waals surface area contributed by atoms with Crippen LogP contribution < -0.4 is 34.7 Å². The van der Waals surface area contributed by atoms with Gasteiger partial charge in [-0.05, 0) is 11.5 Å². The van der Waals surface area contributed by atoms with Crippen LogP contribution in [0.4, 0.5) is 0 Å². The second-order valence-electron chi connectivity index (χ2n) is 2.97. The van der Waals surface area contributed by atoms with E-state index in [1.807, 2.05) is 0 Å². The van der Waals surface area contributed by atoms with Crippen LogP contribution in [-0.2, 0) is 0 Å². The number of rotatable bonds is 1. The van der Waals surface area contributed by atoms with Crippen molar-refractivity contribution in [2.24, 2.45) is 0 Å². The molecule has 0 aromatic heterocycles. The Morgan fingerprint density at radius 3 is 2.33 bits per heavy atom. The van der Waals surface area contributed by atoms with Gasteiger partial charge in [0.25, 0.3) is 0 Å². The molecule has 2 rings (SSSR count). The Morgan fingerprint density at radius 1 is 1.07 bits per heavy atom. The van der Waals surface area contributed by atoms with Gasteiger partial charge in [-0.2, -0.15) is 0 Å². The molecule has 4 heteroatoms. The number of phenolic OH excluding ortho intramolecular Hbond substituents is 1. The quantitative estimate of drug-likeness (QED) is 0.549. The number of aromatic hydroxyl groups is 1. The second kappa shape index (κ2) is 4.66. The molecule has 0 bridgehead atoms. The van der Waals surface area contributed by atoms with Crippen LogP contribution in [0.25, 0.3) is 10.8 Å². The zero-order chi connectivity index (χ0) is 10.1. The van der Waals surface area contributed by atoms with Crippen LogP contribution in [0, 0.1) is 0 Å². The summed E-state index contributed by atoms with van der Waals surface area (Å²) in [5, 5.41) is 21.2. The van der Waals surface area contributed by atoms with E-state index in [1.165, 1.54) is 12.1 Å². The minimum absolute atomic E-state index is 0. The molecule has 2 aromatic rings. The largest absolute Gasteiger partial charge is 1.00 e. The van der Waals surface area contributed by atoms with Crippen LogP contribution in [0.3, 0.4) is 0 Å². The summed E-state index contributed by atoms with van der Waals surface area (Å²) in [4.78, 5) is 10.7. The van der Waals surface area contributed by atoms with Crippen LogP contribution in [-0.4, -0.2) is 11.1 Å². The number of carboxylic acids is 1. The fraction of sp³-hybridized carbons (Fsp3) is 0. The summed E-state index contributed by atoms with van der Waals surface area (Å²) in [6, 6.07) is 9.45. The van der Waals surface area contributed by atoms with Gasteiger partial charge in [-0.25, -0.2) is 0 Å². The molecular weight excluding hydrogens is 203 g/mol. The monoisotopic (exact) mass is 210 g/mol. The van der Waals surface area contributed by atoms with E-state index >= 15 is 0 Å². The van der Waals surface area contributed by atoms with Gasteiger partial charge in [-0.1, -0.05) is 30.3 Å². The molecule has 0 aliphatic carbocycles. The Kier molecular flexibility index (Phi) is 3.74. The van der Waals surface area contributed by atoms with Crippen LogP contribution in [0.2, 0.25) is 0 Å². The van der Waals surface area contributed by atoms with Gasteiger partial charge in [0.05, 0.1) is 5.97 Å². The summed E-state index contributed by atoms with van der Waals surface area (Å²) >= 11 is 0. The zero-order valence-corrected chi connectivity index (χ0v) is 10.2. The Balaban J connectivity index is 0.00000112. The summed E-state index contributed by atoms with van der Waals surface area (Å²) < 4.78 is 0. The van der Waals surface area contributed by atoms with Gasteiger partial charge in [0.2, 0.25) is 0 Å². The van der Waals surface area contributed by atoms with Crippen molar-refractivity contribution in [3.05, 3.63) is 42.0 Å². The van der Waals surface area contributed by atoms with Gasteiger partial charge in [0, 0.05) is 10.9 Å². The van der Waals surface area contributed by atoms with E-state index in [9.17, 15) is 15.0 Å². The van der Waals surface area contributed by atoms with Crippen LogP contribution >= 0.6 is 0 Å². The summed E-state index contributed by atoms with van der Waals surface area (Å²) in [6.07, 6.45) is 0. The third kappa shape index (κ3) is 2.15. The number of carboxylic acid groups (broad SMARTS) is 1. The zero-order valence-electron chi connectivity index (χ0n) is 8.23. The van der Waals surface area contributed by atoms with Crippen molar-refractivity contribution in [3.8, 4) is 5.75 Å². The Hall–Kier alpha value is -1.03. The van der Waals surface area contributed by atoms with Crippen molar-refractivity contribution < 1.29 is 44.6 Å². The summed E-state index contributed by atoms with van der Waals surface area (Å²) in [5.41, 5.74) is 0.0957. The number of aromatic carboxylic acids is 1. The number of benzene rings is 2. The molecule has 0 saturated carbocycles. The fourth-order valence-corrected chi connectivity index (χ4v) is 1.47. The molecule has 0 spiro atoms. The third-order valence-corrected chi connectivity index (χ3v) is 2.12. The molecule has 0 radical (unpaired) electrons. The predicted molar refractivity (Wildman–Crippen MR) is 49.9 cm³/mol. The van der Waals surface area contributed by atoms with Crippen molar-refractivity contribution in [1.82, 2.24) is 0 Å². The van der Waals surface area contributed by atoms with Crippen molar-refractivity contribution in [3.63, 3.8) is 0 Å². The second-order valence-corrected chi connectivity index (χ2v) is 2.97. The van der Waals surface area contributed by atoms with Gasteiger partial charge < -0.3 is 15.0 Å².